The van der Waals surface area contributed by atoms with Crippen LogP contribution in [-0.4, -0.2) is 64.3 Å². The van der Waals surface area contributed by atoms with Gasteiger partial charge in [0.1, 0.15) is 4.60 Å². The third kappa shape index (κ3) is 3.53. The maximum absolute atomic E-state index is 12.1. The summed E-state index contributed by atoms with van der Waals surface area (Å²) in [6.45, 7) is 2.40. The lowest BCUT2D eigenvalue weighted by molar-refractivity contribution is 0.0100. The van der Waals surface area contributed by atoms with Crippen LogP contribution >= 0.6 is 15.9 Å². The second kappa shape index (κ2) is 6.44. The first kappa shape index (κ1) is 15.8. The maximum Gasteiger partial charge on any atom is 0.407 e. The molecule has 2 heterocycles. The van der Waals surface area contributed by atoms with Crippen molar-refractivity contribution in [2.24, 2.45) is 0 Å². The summed E-state index contributed by atoms with van der Waals surface area (Å²) in [5.41, 5.74) is 0.768. The summed E-state index contributed by atoms with van der Waals surface area (Å²) in [5, 5.41) is 11.8. The van der Waals surface area contributed by atoms with E-state index in [-0.39, 0.29) is 30.4 Å². The molecule has 0 bridgehead atoms. The summed E-state index contributed by atoms with van der Waals surface area (Å²) in [5.74, 6) is -0.116. The topological polar surface area (TPSA) is 108 Å². The normalized spacial score (nSPS) is 22.1. The van der Waals surface area contributed by atoms with Gasteiger partial charge >= 0.3 is 6.09 Å². The van der Waals surface area contributed by atoms with Crippen molar-refractivity contribution in [2.75, 3.05) is 20.2 Å². The molecule has 0 radical (unpaired) electrons. The minimum Gasteiger partial charge on any atom is -0.465 e. The first-order valence-electron chi connectivity index (χ1n) is 6.46. The number of nitrogens with one attached hydrogen (secondary N) is 2. The largest absolute Gasteiger partial charge is 0.465 e. The van der Waals surface area contributed by atoms with Gasteiger partial charge in [-0.25, -0.2) is 9.78 Å². The molecule has 1 aromatic rings. The number of hydrogen-bond donors (Lipinski definition) is 3. The Bertz CT molecular complexity index is 528. The fraction of sp³-hybridized carbons (Fsp3) is 0.583. The number of methoxy groups -OCH3 is 1. The smallest absolute Gasteiger partial charge is 0.407 e. The number of amides is 2. The fourth-order valence-electron chi connectivity index (χ4n) is 2.28. The number of aromatic amines is 1. The van der Waals surface area contributed by atoms with Crippen LogP contribution in [0.15, 0.2) is 4.60 Å². The van der Waals surface area contributed by atoms with Gasteiger partial charge in [0.2, 0.25) is 0 Å². The highest BCUT2D eigenvalue weighted by molar-refractivity contribution is 9.10. The Labute approximate surface area is 130 Å². The molecule has 2 rings (SSSR count). The zero-order valence-corrected chi connectivity index (χ0v) is 13.3. The number of aromatic nitrogens is 2. The van der Waals surface area contributed by atoms with Crippen LogP contribution in [0, 0.1) is 6.92 Å². The molecule has 1 aliphatic heterocycles. The zero-order chi connectivity index (χ0) is 15.6. The average molecular weight is 361 g/mol. The average Bonchev–Trinajstić information content (AvgIpc) is 2.79. The van der Waals surface area contributed by atoms with E-state index in [1.807, 2.05) is 0 Å². The van der Waals surface area contributed by atoms with Crippen molar-refractivity contribution in [2.45, 2.75) is 25.5 Å². The van der Waals surface area contributed by atoms with E-state index in [1.54, 1.807) is 6.92 Å². The van der Waals surface area contributed by atoms with Gasteiger partial charge in [0.15, 0.2) is 5.82 Å². The van der Waals surface area contributed by atoms with Crippen molar-refractivity contribution in [3.8, 4) is 0 Å². The molecule has 0 spiro atoms. The summed E-state index contributed by atoms with van der Waals surface area (Å²) in [7, 11) is 1.50. The van der Waals surface area contributed by atoms with Crippen LogP contribution in [0.2, 0.25) is 0 Å². The van der Waals surface area contributed by atoms with Crippen molar-refractivity contribution in [1.29, 1.82) is 0 Å². The number of nitrogens with zero attached hydrogens (tertiary/aromatic N) is 2. The van der Waals surface area contributed by atoms with Crippen molar-refractivity contribution in [1.82, 2.24) is 20.2 Å². The van der Waals surface area contributed by atoms with Gasteiger partial charge in [0.25, 0.3) is 5.91 Å². The van der Waals surface area contributed by atoms with Crippen molar-refractivity contribution >= 4 is 27.9 Å². The molecular weight excluding hydrogens is 344 g/mol. The van der Waals surface area contributed by atoms with Gasteiger partial charge in [-0.1, -0.05) is 0 Å². The Hall–Kier alpha value is -1.61. The predicted molar refractivity (Wildman–Crippen MR) is 77.3 cm³/mol. The monoisotopic (exact) mass is 360 g/mol. The van der Waals surface area contributed by atoms with Crippen LogP contribution in [0.25, 0.3) is 0 Å². The fourth-order valence-corrected chi connectivity index (χ4v) is 2.55. The van der Waals surface area contributed by atoms with Crippen LogP contribution in [0.1, 0.15) is 22.7 Å². The molecule has 2 unspecified atom stereocenters. The molecule has 116 valence electrons. The van der Waals surface area contributed by atoms with Crippen molar-refractivity contribution < 1.29 is 19.4 Å². The molecule has 0 saturated carbocycles. The minimum absolute atomic E-state index is 0.217. The first-order valence-corrected chi connectivity index (χ1v) is 7.25. The van der Waals surface area contributed by atoms with Gasteiger partial charge < -0.3 is 25.0 Å². The number of piperidine rings is 1. The first-order chi connectivity index (χ1) is 9.92. The van der Waals surface area contributed by atoms with Gasteiger partial charge in [-0.2, -0.15) is 0 Å². The number of hydrogen-bond acceptors (Lipinski definition) is 4. The van der Waals surface area contributed by atoms with Crippen LogP contribution in [0.5, 0.6) is 0 Å². The molecule has 21 heavy (non-hydrogen) atoms. The molecular formula is C12H17BrN4O4. The van der Waals surface area contributed by atoms with Gasteiger partial charge in [0.05, 0.1) is 18.7 Å². The number of carbonyl (C=O) groups is 2. The Morgan fingerprint density at radius 1 is 1.57 bits per heavy atom. The molecule has 1 saturated heterocycles. The van der Waals surface area contributed by atoms with E-state index in [0.717, 1.165) is 5.69 Å². The summed E-state index contributed by atoms with van der Waals surface area (Å²) >= 11 is 3.24. The molecule has 9 heteroatoms. The molecule has 8 nitrogen and oxygen atoms in total. The van der Waals surface area contributed by atoms with E-state index in [2.05, 4.69) is 31.2 Å². The number of carbonyl (C=O) groups excluding carboxylic acids is 1. The van der Waals surface area contributed by atoms with Crippen molar-refractivity contribution in [3.05, 3.63) is 16.1 Å². The lowest BCUT2D eigenvalue weighted by Gasteiger charge is -2.36. The highest BCUT2D eigenvalue weighted by Gasteiger charge is 2.33. The maximum atomic E-state index is 12.1. The van der Waals surface area contributed by atoms with Gasteiger partial charge in [0, 0.05) is 19.3 Å². The molecule has 0 aromatic carbocycles. The molecule has 1 aliphatic rings. The van der Waals surface area contributed by atoms with E-state index in [0.29, 0.717) is 17.6 Å². The second-order valence-electron chi connectivity index (χ2n) is 4.87. The zero-order valence-electron chi connectivity index (χ0n) is 11.7. The highest BCUT2D eigenvalue weighted by Crippen LogP contribution is 2.16. The summed E-state index contributed by atoms with van der Waals surface area (Å²) in [6, 6.07) is -0.248. The lowest BCUT2D eigenvalue weighted by Crippen LogP contribution is -2.55. The highest BCUT2D eigenvalue weighted by atomic mass is 79.9. The van der Waals surface area contributed by atoms with Crippen LogP contribution in [0.3, 0.4) is 0 Å². The predicted octanol–water partition coefficient (Wildman–Crippen LogP) is 0.978. The summed E-state index contributed by atoms with van der Waals surface area (Å²) < 4.78 is 5.88. The summed E-state index contributed by atoms with van der Waals surface area (Å²) in [4.78, 5) is 31.3. The van der Waals surface area contributed by atoms with E-state index in [1.165, 1.54) is 12.0 Å². The molecule has 2 amide bonds. The number of rotatable bonds is 3. The van der Waals surface area contributed by atoms with Crippen molar-refractivity contribution in [3.63, 3.8) is 0 Å². The van der Waals surface area contributed by atoms with Crippen LogP contribution in [0.4, 0.5) is 4.79 Å². The lowest BCUT2D eigenvalue weighted by atomic mass is 10.0. The Balaban J connectivity index is 2.01. The van der Waals surface area contributed by atoms with Crippen LogP contribution in [-0.2, 0) is 4.74 Å². The molecule has 1 fully saturated rings. The third-order valence-corrected chi connectivity index (χ3v) is 4.26. The number of imidazole rings is 1. The number of carboxylic acid groups (broad SMARTS) is 1. The number of likely N-dealkylation sites (tertiary alicyclic amines) is 1. The van der Waals surface area contributed by atoms with E-state index < -0.39 is 6.09 Å². The third-order valence-electron chi connectivity index (χ3n) is 3.49. The van der Waals surface area contributed by atoms with Gasteiger partial charge in [-0.3, -0.25) is 4.79 Å². The standard InChI is InChI=1S/C12H17BrN4O4/c1-6-9(13)16-10(14-6)11(18)15-7-3-4-17(12(19)20)5-8(7)21-2/h7-8H,3-5H2,1-2H3,(H,14,16)(H,15,18)(H,19,20). The molecule has 2 atom stereocenters. The number of H-pyrrole nitrogens is 1. The van der Waals surface area contributed by atoms with Gasteiger partial charge in [-0.05, 0) is 29.3 Å². The van der Waals surface area contributed by atoms with E-state index in [9.17, 15) is 9.59 Å². The van der Waals surface area contributed by atoms with E-state index in [4.69, 9.17) is 9.84 Å². The molecule has 0 aliphatic carbocycles. The number of aryl methyl sites for hydroxylation is 1. The SMILES string of the molecule is COC1CN(C(=O)O)CCC1NC(=O)c1nc(Br)c(C)[nH]1. The summed E-state index contributed by atoms with van der Waals surface area (Å²) in [6.07, 6.45) is -0.858. The number of ether oxygens (including phenoxy) is 1. The minimum atomic E-state index is -0.979. The van der Waals surface area contributed by atoms with E-state index >= 15 is 0 Å². The van der Waals surface area contributed by atoms with Gasteiger partial charge in [-0.15, -0.1) is 0 Å². The Morgan fingerprint density at radius 2 is 2.29 bits per heavy atom. The quantitative estimate of drug-likeness (QED) is 0.744. The Kier molecular flexibility index (Phi) is 4.84. The molecule has 3 N–H and O–H groups in total. The second-order valence-corrected chi connectivity index (χ2v) is 5.62. The number of halogens is 1. The van der Waals surface area contributed by atoms with Crippen LogP contribution < -0.4 is 5.32 Å². The molecule has 1 aromatic heterocycles. The Morgan fingerprint density at radius 3 is 2.81 bits per heavy atom.